The van der Waals surface area contributed by atoms with Crippen LogP contribution in [0.1, 0.15) is 22.6 Å². The molecule has 32 heavy (non-hydrogen) atoms. The van der Waals surface area contributed by atoms with Gasteiger partial charge in [-0.25, -0.2) is 0 Å². The summed E-state index contributed by atoms with van der Waals surface area (Å²) in [7, 11) is 1.66. The van der Waals surface area contributed by atoms with E-state index in [9.17, 15) is 5.26 Å². The predicted octanol–water partition coefficient (Wildman–Crippen LogP) is 5.28. The number of hydrogen-bond acceptors (Lipinski definition) is 5. The van der Waals surface area contributed by atoms with Gasteiger partial charge in [-0.05, 0) is 47.9 Å². The summed E-state index contributed by atoms with van der Waals surface area (Å²) in [6.45, 7) is 2.39. The lowest BCUT2D eigenvalue weighted by Gasteiger charge is -2.33. The van der Waals surface area contributed by atoms with Crippen molar-refractivity contribution >= 4 is 5.76 Å². The molecule has 0 saturated carbocycles. The Kier molecular flexibility index (Phi) is 4.84. The van der Waals surface area contributed by atoms with Gasteiger partial charge in [0.1, 0.15) is 35.5 Å². The van der Waals surface area contributed by atoms with E-state index in [0.717, 1.165) is 44.9 Å². The molecular weight excluding hydrogens is 400 g/mol. The first-order valence-corrected chi connectivity index (χ1v) is 10.4. The van der Waals surface area contributed by atoms with E-state index in [0.29, 0.717) is 17.9 Å². The predicted molar refractivity (Wildman–Crippen MR) is 123 cm³/mol. The molecule has 0 aromatic heterocycles. The summed E-state index contributed by atoms with van der Waals surface area (Å²) in [6, 6.07) is 24.1. The molecule has 2 N–H and O–H groups in total. The fourth-order valence-corrected chi connectivity index (χ4v) is 4.47. The van der Waals surface area contributed by atoms with Crippen molar-refractivity contribution in [1.82, 2.24) is 0 Å². The van der Waals surface area contributed by atoms with E-state index in [2.05, 4.69) is 31.2 Å². The van der Waals surface area contributed by atoms with E-state index in [1.54, 1.807) is 7.11 Å². The summed E-state index contributed by atoms with van der Waals surface area (Å²) >= 11 is 0. The van der Waals surface area contributed by atoms with E-state index >= 15 is 0 Å². The number of benzene rings is 3. The molecule has 3 aromatic rings. The lowest BCUT2D eigenvalue weighted by atomic mass is 9.80. The zero-order valence-corrected chi connectivity index (χ0v) is 17.9. The van der Waals surface area contributed by atoms with Crippen molar-refractivity contribution in [3.8, 4) is 28.7 Å². The van der Waals surface area contributed by atoms with Crippen LogP contribution in [-0.4, -0.2) is 13.7 Å². The van der Waals surface area contributed by atoms with Gasteiger partial charge < -0.3 is 19.9 Å². The van der Waals surface area contributed by atoms with Gasteiger partial charge in [-0.1, -0.05) is 42.5 Å². The van der Waals surface area contributed by atoms with Crippen molar-refractivity contribution in [2.45, 2.75) is 12.8 Å². The van der Waals surface area contributed by atoms with Gasteiger partial charge in [0.05, 0.1) is 18.6 Å². The molecule has 158 valence electrons. The molecule has 0 aliphatic carbocycles. The highest BCUT2D eigenvalue weighted by atomic mass is 16.5. The van der Waals surface area contributed by atoms with Crippen LogP contribution in [0.25, 0.3) is 16.9 Å². The first-order chi connectivity index (χ1) is 15.6. The van der Waals surface area contributed by atoms with Crippen molar-refractivity contribution in [1.29, 1.82) is 5.26 Å². The quantitative estimate of drug-likeness (QED) is 0.621. The number of nitrogens with two attached hydrogens (primary N) is 1. The molecule has 0 spiro atoms. The second-order valence-corrected chi connectivity index (χ2v) is 7.84. The maximum absolute atomic E-state index is 9.95. The maximum atomic E-state index is 9.95. The molecule has 0 radical (unpaired) electrons. The van der Waals surface area contributed by atoms with Crippen LogP contribution in [0.2, 0.25) is 0 Å². The van der Waals surface area contributed by atoms with Crippen molar-refractivity contribution in [2.75, 3.05) is 13.7 Å². The van der Waals surface area contributed by atoms with Crippen LogP contribution < -0.4 is 15.2 Å². The Labute approximate surface area is 187 Å². The Hall–Kier alpha value is -4.17. The highest BCUT2D eigenvalue weighted by molar-refractivity contribution is 5.78. The normalized spacial score (nSPS) is 17.0. The number of allylic oxidation sites excluding steroid dienone is 1. The van der Waals surface area contributed by atoms with Gasteiger partial charge in [-0.15, -0.1) is 0 Å². The highest BCUT2D eigenvalue weighted by Gasteiger charge is 2.37. The van der Waals surface area contributed by atoms with Crippen LogP contribution in [0.3, 0.4) is 0 Å². The molecule has 0 amide bonds. The summed E-state index contributed by atoms with van der Waals surface area (Å²) in [4.78, 5) is 0. The van der Waals surface area contributed by atoms with Crippen molar-refractivity contribution < 1.29 is 14.2 Å². The molecule has 0 fully saturated rings. The van der Waals surface area contributed by atoms with Crippen molar-refractivity contribution in [3.05, 3.63) is 100 Å². The van der Waals surface area contributed by atoms with Crippen molar-refractivity contribution in [3.63, 3.8) is 0 Å². The third kappa shape index (κ3) is 3.09. The molecule has 1 unspecified atom stereocenters. The molecule has 0 bridgehead atoms. The zero-order valence-electron chi connectivity index (χ0n) is 17.9. The van der Waals surface area contributed by atoms with Crippen LogP contribution in [0.15, 0.2) is 83.8 Å². The van der Waals surface area contributed by atoms with Gasteiger partial charge in [-0.2, -0.15) is 5.26 Å². The Bertz CT molecular complexity index is 1330. The van der Waals surface area contributed by atoms with Crippen LogP contribution in [-0.2, 0) is 4.74 Å². The number of rotatable bonds is 3. The van der Waals surface area contributed by atoms with Gasteiger partial charge in [-0.3, -0.25) is 0 Å². The van der Waals surface area contributed by atoms with Gasteiger partial charge in [0, 0.05) is 11.1 Å². The van der Waals surface area contributed by atoms with E-state index < -0.39 is 0 Å². The molecular formula is C27H22N2O3. The van der Waals surface area contributed by atoms with Gasteiger partial charge in [0.2, 0.25) is 5.88 Å². The summed E-state index contributed by atoms with van der Waals surface area (Å²) in [6.07, 6.45) is 0. The average Bonchev–Trinajstić information content (AvgIpc) is 2.83. The minimum absolute atomic E-state index is 0.126. The summed E-state index contributed by atoms with van der Waals surface area (Å²) < 4.78 is 17.6. The summed E-state index contributed by atoms with van der Waals surface area (Å²) in [5.74, 6) is 1.94. The van der Waals surface area contributed by atoms with Gasteiger partial charge in [0.15, 0.2) is 0 Å². The molecule has 2 aliphatic heterocycles. The number of methoxy groups -OCH3 is 1. The number of para-hydroxylation sites is 1. The van der Waals surface area contributed by atoms with E-state index in [4.69, 9.17) is 19.9 Å². The Morgan fingerprint density at radius 3 is 2.50 bits per heavy atom. The average molecular weight is 422 g/mol. The third-order valence-corrected chi connectivity index (χ3v) is 6.03. The van der Waals surface area contributed by atoms with E-state index in [-0.39, 0.29) is 11.8 Å². The molecule has 2 heterocycles. The van der Waals surface area contributed by atoms with E-state index in [1.807, 2.05) is 48.5 Å². The van der Waals surface area contributed by atoms with Crippen LogP contribution in [0.4, 0.5) is 0 Å². The maximum Gasteiger partial charge on any atom is 0.205 e. The monoisotopic (exact) mass is 422 g/mol. The number of nitrogens with zero attached hydrogens (tertiary/aromatic N) is 1. The lowest BCUT2D eigenvalue weighted by molar-refractivity contribution is 0.294. The molecule has 5 heteroatoms. The summed E-state index contributed by atoms with van der Waals surface area (Å²) in [5.41, 5.74) is 12.5. The van der Waals surface area contributed by atoms with E-state index in [1.165, 1.54) is 0 Å². The topological polar surface area (TPSA) is 77.5 Å². The fraction of sp³-hybridized carbons (Fsp3) is 0.148. The fourth-order valence-electron chi connectivity index (χ4n) is 4.47. The van der Waals surface area contributed by atoms with Crippen molar-refractivity contribution in [2.24, 2.45) is 5.73 Å². The van der Waals surface area contributed by atoms with Crippen LogP contribution in [0.5, 0.6) is 11.5 Å². The smallest absolute Gasteiger partial charge is 0.205 e. The zero-order chi connectivity index (χ0) is 22.2. The number of nitriles is 1. The molecule has 5 nitrogen and oxygen atoms in total. The number of ether oxygens (including phenoxy) is 3. The molecule has 0 saturated heterocycles. The third-order valence-electron chi connectivity index (χ3n) is 6.03. The van der Waals surface area contributed by atoms with Crippen LogP contribution >= 0.6 is 0 Å². The molecule has 5 rings (SSSR count). The molecule has 2 aliphatic rings. The second kappa shape index (κ2) is 7.82. The number of aryl methyl sites for hydroxylation is 1. The molecule has 3 aromatic carbocycles. The SMILES string of the molecule is COc1ccc(C2C(C#N)=C(N)OC3=C2COc2ccccc23)cc1-c1ccccc1C. The number of hydrogen-bond donors (Lipinski definition) is 1. The first-order valence-electron chi connectivity index (χ1n) is 10.4. The van der Waals surface area contributed by atoms with Gasteiger partial charge >= 0.3 is 0 Å². The lowest BCUT2D eigenvalue weighted by Crippen LogP contribution is -2.26. The highest BCUT2D eigenvalue weighted by Crippen LogP contribution is 2.47. The molecule has 1 atom stereocenters. The summed E-state index contributed by atoms with van der Waals surface area (Å²) in [5, 5.41) is 9.95. The minimum atomic E-state index is -0.370. The van der Waals surface area contributed by atoms with Gasteiger partial charge in [0.25, 0.3) is 0 Å². The standard InChI is InChI=1S/C27H22N2O3/c1-16-7-3-4-8-18(16)20-13-17(11-12-23(20)30-2)25-21(14-28)27(29)32-26-19-9-5-6-10-24(19)31-15-22(25)26/h3-13,25H,15,29H2,1-2H3. The Morgan fingerprint density at radius 1 is 1.00 bits per heavy atom. The Morgan fingerprint density at radius 2 is 1.75 bits per heavy atom. The second-order valence-electron chi connectivity index (χ2n) is 7.84. The first kappa shape index (κ1) is 19.8. The minimum Gasteiger partial charge on any atom is -0.496 e. The Balaban J connectivity index is 1.72. The van der Waals surface area contributed by atoms with Crippen LogP contribution in [0, 0.1) is 18.3 Å². The number of fused-ring (bicyclic) bond motifs is 2. The largest absolute Gasteiger partial charge is 0.496 e.